The molecule has 0 aliphatic rings. The zero-order chi connectivity index (χ0) is 22.1. The fourth-order valence-corrected chi connectivity index (χ4v) is 4.24. The molecule has 3 N–H and O–H groups in total. The van der Waals surface area contributed by atoms with Gasteiger partial charge in [-0.25, -0.2) is 0 Å². The van der Waals surface area contributed by atoms with E-state index in [-0.39, 0.29) is 6.04 Å². The molecule has 5 rings (SSSR count). The molecule has 1 unspecified atom stereocenters. The maximum atomic E-state index is 6.62. The smallest absolute Gasteiger partial charge is 0.0737 e. The highest BCUT2D eigenvalue weighted by Gasteiger charge is 2.13. The third kappa shape index (κ3) is 4.13. The topological polar surface area (TPSA) is 63.8 Å². The average molecular weight is 459 g/mol. The molecule has 0 saturated carbocycles. The van der Waals surface area contributed by atoms with E-state index < -0.39 is 0 Å². The van der Waals surface area contributed by atoms with Gasteiger partial charge in [0.2, 0.25) is 0 Å². The van der Waals surface area contributed by atoms with E-state index in [1.807, 2.05) is 48.5 Å². The van der Waals surface area contributed by atoms with Crippen LogP contribution in [0.3, 0.4) is 0 Å². The first kappa shape index (κ1) is 20.7. The van der Waals surface area contributed by atoms with Crippen molar-refractivity contribution < 1.29 is 0 Å². The van der Waals surface area contributed by atoms with Gasteiger partial charge in [0, 0.05) is 45.4 Å². The van der Waals surface area contributed by atoms with Crippen LogP contribution in [0, 0.1) is 0 Å². The van der Waals surface area contributed by atoms with Gasteiger partial charge in [-0.3, -0.25) is 9.97 Å². The van der Waals surface area contributed by atoms with Gasteiger partial charge in [0.1, 0.15) is 0 Å². The Balaban J connectivity index is 1.35. The Morgan fingerprint density at radius 1 is 0.750 bits per heavy atom. The van der Waals surface area contributed by atoms with Crippen LogP contribution in [-0.2, 0) is 6.54 Å². The first-order chi connectivity index (χ1) is 15.6. The number of rotatable bonds is 5. The highest BCUT2D eigenvalue weighted by atomic mass is 35.5. The van der Waals surface area contributed by atoms with E-state index in [0.717, 1.165) is 44.2 Å². The number of aromatic nitrogens is 2. The Kier molecular flexibility index (Phi) is 5.66. The number of hydrogen-bond acceptors (Lipinski definition) is 4. The lowest BCUT2D eigenvalue weighted by Crippen LogP contribution is -2.12. The lowest BCUT2D eigenvalue weighted by Gasteiger charge is -2.16. The van der Waals surface area contributed by atoms with Gasteiger partial charge in [-0.05, 0) is 59.2 Å². The second-order valence-corrected chi connectivity index (χ2v) is 8.53. The standard InChI is InChI=1S/C26H20Cl2N4/c27-18-5-7-20-21(9-11-30-24(20)13-18)26(29)17-3-1-16(2-4-17)15-32-23-10-12-31-25-14-19(28)6-8-22(23)25/h1-14,26H,15,29H2,(H,31,32). The van der Waals surface area contributed by atoms with E-state index in [1.165, 1.54) is 0 Å². The summed E-state index contributed by atoms with van der Waals surface area (Å²) in [6.45, 7) is 0.688. The lowest BCUT2D eigenvalue weighted by molar-refractivity contribution is 0.877. The molecule has 5 aromatic rings. The predicted molar refractivity (Wildman–Crippen MR) is 133 cm³/mol. The molecule has 2 aromatic heterocycles. The van der Waals surface area contributed by atoms with Crippen molar-refractivity contribution in [2.75, 3.05) is 5.32 Å². The predicted octanol–water partition coefficient (Wildman–Crippen LogP) is 6.75. The molecule has 0 aliphatic carbocycles. The summed E-state index contributed by atoms with van der Waals surface area (Å²) in [4.78, 5) is 8.81. The van der Waals surface area contributed by atoms with Crippen LogP contribution in [0.5, 0.6) is 0 Å². The van der Waals surface area contributed by atoms with E-state index in [2.05, 4.69) is 39.6 Å². The van der Waals surface area contributed by atoms with Gasteiger partial charge in [-0.15, -0.1) is 0 Å². The molecule has 32 heavy (non-hydrogen) atoms. The Morgan fingerprint density at radius 2 is 1.38 bits per heavy atom. The molecule has 0 radical (unpaired) electrons. The van der Waals surface area contributed by atoms with E-state index in [4.69, 9.17) is 28.9 Å². The van der Waals surface area contributed by atoms with Crippen molar-refractivity contribution in [2.45, 2.75) is 12.6 Å². The van der Waals surface area contributed by atoms with Crippen molar-refractivity contribution in [3.05, 3.63) is 112 Å². The first-order valence-electron chi connectivity index (χ1n) is 10.3. The third-order valence-corrected chi connectivity index (χ3v) is 6.07. The van der Waals surface area contributed by atoms with Crippen LogP contribution in [0.4, 0.5) is 5.69 Å². The highest BCUT2D eigenvalue weighted by Crippen LogP contribution is 2.29. The summed E-state index contributed by atoms with van der Waals surface area (Å²) in [6, 6.07) is 23.5. The molecule has 0 aliphatic heterocycles. The number of fused-ring (bicyclic) bond motifs is 2. The molecular formula is C26H20Cl2N4. The van der Waals surface area contributed by atoms with Crippen molar-refractivity contribution >= 4 is 50.7 Å². The number of hydrogen-bond donors (Lipinski definition) is 2. The molecule has 1 atom stereocenters. The largest absolute Gasteiger partial charge is 0.380 e. The Morgan fingerprint density at radius 3 is 2.09 bits per heavy atom. The number of nitrogens with two attached hydrogens (primary N) is 1. The Bertz CT molecular complexity index is 1420. The fraction of sp³-hybridized carbons (Fsp3) is 0.0769. The van der Waals surface area contributed by atoms with Crippen LogP contribution in [0.2, 0.25) is 10.0 Å². The minimum Gasteiger partial charge on any atom is -0.380 e. The van der Waals surface area contributed by atoms with Crippen molar-refractivity contribution in [1.29, 1.82) is 0 Å². The van der Waals surface area contributed by atoms with Crippen molar-refractivity contribution in [1.82, 2.24) is 9.97 Å². The summed E-state index contributed by atoms with van der Waals surface area (Å²) in [5.41, 5.74) is 12.6. The maximum Gasteiger partial charge on any atom is 0.0737 e. The minimum atomic E-state index is -0.252. The zero-order valence-corrected chi connectivity index (χ0v) is 18.6. The van der Waals surface area contributed by atoms with Crippen LogP contribution in [-0.4, -0.2) is 9.97 Å². The molecule has 6 heteroatoms. The van der Waals surface area contributed by atoms with E-state index in [0.29, 0.717) is 16.6 Å². The Labute approximate surface area is 196 Å². The quantitative estimate of drug-likeness (QED) is 0.305. The van der Waals surface area contributed by atoms with Gasteiger partial charge < -0.3 is 11.1 Å². The number of benzene rings is 3. The van der Waals surface area contributed by atoms with E-state index >= 15 is 0 Å². The molecule has 158 valence electrons. The van der Waals surface area contributed by atoms with Gasteiger partial charge in [-0.1, -0.05) is 53.5 Å². The van der Waals surface area contributed by atoms with Gasteiger partial charge >= 0.3 is 0 Å². The van der Waals surface area contributed by atoms with Crippen LogP contribution in [0.1, 0.15) is 22.7 Å². The summed E-state index contributed by atoms with van der Waals surface area (Å²) in [7, 11) is 0. The third-order valence-electron chi connectivity index (χ3n) is 5.60. The number of pyridine rings is 2. The number of anilines is 1. The van der Waals surface area contributed by atoms with Crippen LogP contribution in [0.25, 0.3) is 21.8 Å². The van der Waals surface area contributed by atoms with Crippen LogP contribution >= 0.6 is 23.2 Å². The minimum absolute atomic E-state index is 0.252. The van der Waals surface area contributed by atoms with Crippen LogP contribution < -0.4 is 11.1 Å². The van der Waals surface area contributed by atoms with Gasteiger partial charge in [-0.2, -0.15) is 0 Å². The summed E-state index contributed by atoms with van der Waals surface area (Å²) in [5, 5.41) is 6.90. The molecule has 0 amide bonds. The summed E-state index contributed by atoms with van der Waals surface area (Å²) < 4.78 is 0. The molecule has 0 saturated heterocycles. The second kappa shape index (κ2) is 8.75. The molecule has 0 fully saturated rings. The number of nitrogens with one attached hydrogen (secondary N) is 1. The number of halogens is 2. The SMILES string of the molecule is NC(c1ccc(CNc2ccnc3cc(Cl)ccc23)cc1)c1ccnc2cc(Cl)ccc12. The molecule has 2 heterocycles. The summed E-state index contributed by atoms with van der Waals surface area (Å²) >= 11 is 12.2. The zero-order valence-electron chi connectivity index (χ0n) is 17.1. The number of nitrogens with zero attached hydrogens (tertiary/aromatic N) is 2. The van der Waals surface area contributed by atoms with Crippen LogP contribution in [0.15, 0.2) is 85.2 Å². The van der Waals surface area contributed by atoms with Crippen molar-refractivity contribution in [2.24, 2.45) is 5.73 Å². The Hall–Kier alpha value is -3.18. The van der Waals surface area contributed by atoms with Gasteiger partial charge in [0.15, 0.2) is 0 Å². The monoisotopic (exact) mass is 458 g/mol. The maximum absolute atomic E-state index is 6.62. The fourth-order valence-electron chi connectivity index (χ4n) is 3.91. The van der Waals surface area contributed by atoms with E-state index in [1.54, 1.807) is 12.4 Å². The van der Waals surface area contributed by atoms with Gasteiger partial charge in [0.05, 0.1) is 17.1 Å². The molecular weight excluding hydrogens is 439 g/mol. The normalized spacial score (nSPS) is 12.2. The average Bonchev–Trinajstić information content (AvgIpc) is 2.81. The van der Waals surface area contributed by atoms with Crippen molar-refractivity contribution in [3.63, 3.8) is 0 Å². The highest BCUT2D eigenvalue weighted by molar-refractivity contribution is 6.31. The molecule has 0 bridgehead atoms. The lowest BCUT2D eigenvalue weighted by atomic mass is 9.96. The molecule has 3 aromatic carbocycles. The molecule has 4 nitrogen and oxygen atoms in total. The summed E-state index contributed by atoms with van der Waals surface area (Å²) in [5.74, 6) is 0. The van der Waals surface area contributed by atoms with Crippen molar-refractivity contribution in [3.8, 4) is 0 Å². The van der Waals surface area contributed by atoms with Gasteiger partial charge in [0.25, 0.3) is 0 Å². The summed E-state index contributed by atoms with van der Waals surface area (Å²) in [6.07, 6.45) is 3.56. The molecule has 0 spiro atoms. The second-order valence-electron chi connectivity index (χ2n) is 7.65. The first-order valence-corrected chi connectivity index (χ1v) is 11.0. The van der Waals surface area contributed by atoms with E-state index in [9.17, 15) is 0 Å².